The highest BCUT2D eigenvalue weighted by Crippen LogP contribution is 2.37. The second-order valence-corrected chi connectivity index (χ2v) is 33.6. The summed E-state index contributed by atoms with van der Waals surface area (Å²) in [5.74, 6) is -5.88. The Morgan fingerprint density at radius 3 is 1.38 bits per heavy atom. The Hall–Kier alpha value is -12.3. The van der Waals surface area contributed by atoms with Crippen LogP contribution < -0.4 is 19.6 Å². The predicted molar refractivity (Wildman–Crippen MR) is 484 cm³/mol. The Bertz CT molecular complexity index is 6060. The molecule has 5 aromatic carbocycles. The van der Waals surface area contributed by atoms with Crippen molar-refractivity contribution in [1.82, 2.24) is 44.9 Å². The molecule has 12 aromatic rings. The van der Waals surface area contributed by atoms with Gasteiger partial charge in [0, 0.05) is 137 Å². The van der Waals surface area contributed by atoms with Crippen LogP contribution in [-0.4, -0.2) is 120 Å². The SMILES string of the molecule is CC1=C(c2ccc(CC(=O)c3c(Cl)cncc3Cl)cc2)CN(c2ccccn2)CC1.CC1=C(c2ccc(CC(=O)c3c(F)cc(F)cc3F)cc2)CN(c2ncccc2C#N)CC1.CC1=C(c2cnc(CC(=O)c3c(C)cccc3F)cn2)CN(c2ncc(C)s2)CC1.CCc1cnc(N2CCC(C)=C(c3cnc(CC(=O)c4c(F)cccc4F)cn3)C2)s1.Cl. The summed E-state index contributed by atoms with van der Waals surface area (Å²) in [6.07, 6.45) is 21.2. The molecule has 0 amide bonds. The lowest BCUT2D eigenvalue weighted by Gasteiger charge is -2.31. The summed E-state index contributed by atoms with van der Waals surface area (Å²) in [6.45, 7) is 20.8. The molecule has 7 aromatic heterocycles. The van der Waals surface area contributed by atoms with Gasteiger partial charge in [-0.1, -0.05) is 125 Å². The summed E-state index contributed by atoms with van der Waals surface area (Å²) in [6, 6.07) is 36.1. The molecule has 18 nitrogen and oxygen atoms in total. The first-order chi connectivity index (χ1) is 59.8. The van der Waals surface area contributed by atoms with E-state index < -0.39 is 57.6 Å². The van der Waals surface area contributed by atoms with Crippen LogP contribution >= 0.6 is 58.3 Å². The van der Waals surface area contributed by atoms with E-state index in [2.05, 4.69) is 124 Å². The third-order valence-corrected chi connectivity index (χ3v) is 24.7. The zero-order valence-electron chi connectivity index (χ0n) is 69.6. The standard InChI is InChI=1S/C26H20F3N3O.C24H21Cl2N3O.C23H22F2N4OS.C23H23FN4OS.ClH/c1-16-8-10-32(26-19(14-30)3-2-9-31-26)15-21(16)18-6-4-17(5-7-18)11-24(33)25-22(28)12-20(27)13-23(25)29;1-16-9-11-29(23-4-2-3-10-28-23)15-19(16)18-7-5-17(6-8-18)12-22(30)24-20(25)13-27-14-21(24)26;1-3-16-11-28-23(31-16)29-8-7-14(2)17(13-29)20-12-26-15(10-27-20)9-21(30)22-18(24)5-4-6-19(22)25;1-14-7-8-28(23-27-10-16(3)30-23)13-18(14)20-12-25-17(11-26-20)9-21(29)22-15(2)5-4-6-19(22)24;/h2-7,9,12-13H,8,10-11,15H2,1H3;2-8,10,13-14H,9,11-12,15H2,1H3;4-6,10-12H,3,7-9,13H2,1-2H3;4-6,10-12H,7-9,13H2,1-3H3;1H. The van der Waals surface area contributed by atoms with Crippen molar-refractivity contribution in [2.75, 3.05) is 72.0 Å². The largest absolute Gasteiger partial charge is 0.352 e. The number of rotatable bonds is 21. The maximum Gasteiger partial charge on any atom is 0.185 e. The molecule has 0 N–H and O–H groups in total. The van der Waals surface area contributed by atoms with E-state index in [1.54, 1.807) is 90.8 Å². The smallest absolute Gasteiger partial charge is 0.185 e. The van der Waals surface area contributed by atoms with Crippen LogP contribution in [0, 0.1) is 60.1 Å². The molecular formula is C96H87Cl3F6N14O4S2. The second-order valence-electron chi connectivity index (χ2n) is 30.4. The first-order valence-corrected chi connectivity index (χ1v) is 42.6. The number of thiazole rings is 2. The highest BCUT2D eigenvalue weighted by atomic mass is 35.5. The molecular weight excluding hydrogens is 1700 g/mol. The van der Waals surface area contributed by atoms with Crippen LogP contribution in [0.4, 0.5) is 48.2 Å². The number of anilines is 4. The summed E-state index contributed by atoms with van der Waals surface area (Å²) >= 11 is 15.6. The Labute approximate surface area is 745 Å². The average molecular weight is 1790 g/mol. The van der Waals surface area contributed by atoms with Gasteiger partial charge in [-0.15, -0.1) is 35.1 Å². The third kappa shape index (κ3) is 22.8. The quantitative estimate of drug-likeness (QED) is 0.0482. The number of pyridine rings is 3. The average Bonchev–Trinajstić information content (AvgIpc) is 1.46. The number of aromatic nitrogens is 9. The molecule has 4 aliphatic heterocycles. The van der Waals surface area contributed by atoms with Crippen LogP contribution in [0.25, 0.3) is 22.3 Å². The van der Waals surface area contributed by atoms with Crippen molar-refractivity contribution in [2.24, 2.45) is 0 Å². The number of hydrogen-bond acceptors (Lipinski definition) is 20. The lowest BCUT2D eigenvalue weighted by atomic mass is 9.93. The number of nitriles is 1. The van der Waals surface area contributed by atoms with Crippen LogP contribution in [-0.2, 0) is 32.1 Å². The first kappa shape index (κ1) is 91.9. The van der Waals surface area contributed by atoms with Crippen LogP contribution in [0.2, 0.25) is 10.0 Å². The van der Waals surface area contributed by atoms with Crippen molar-refractivity contribution in [3.8, 4) is 6.07 Å². The van der Waals surface area contributed by atoms with Gasteiger partial charge in [0.15, 0.2) is 33.4 Å². The highest BCUT2D eigenvalue weighted by molar-refractivity contribution is 7.15. The molecule has 0 unspecified atom stereocenters. The molecule has 125 heavy (non-hydrogen) atoms. The molecule has 0 radical (unpaired) electrons. The molecule has 0 atom stereocenters. The van der Waals surface area contributed by atoms with Gasteiger partial charge in [-0.25, -0.2) is 46.3 Å². The minimum Gasteiger partial charge on any atom is -0.352 e. The van der Waals surface area contributed by atoms with Gasteiger partial charge in [-0.2, -0.15) is 5.26 Å². The van der Waals surface area contributed by atoms with Gasteiger partial charge in [0.2, 0.25) is 0 Å². The lowest BCUT2D eigenvalue weighted by Crippen LogP contribution is -2.32. The number of carbonyl (C=O) groups is 4. The van der Waals surface area contributed by atoms with Gasteiger partial charge < -0.3 is 19.6 Å². The van der Waals surface area contributed by atoms with Crippen molar-refractivity contribution < 1.29 is 45.5 Å². The molecule has 16 rings (SSSR count). The highest BCUT2D eigenvalue weighted by Gasteiger charge is 2.29. The maximum atomic E-state index is 14.1. The Kier molecular flexibility index (Phi) is 31.2. The van der Waals surface area contributed by atoms with E-state index in [4.69, 9.17) is 23.2 Å². The van der Waals surface area contributed by atoms with Crippen molar-refractivity contribution >= 4 is 126 Å². The second kappa shape index (κ2) is 42.4. The number of carbonyl (C=O) groups excluding carboxylic acids is 4. The molecule has 11 heterocycles. The van der Waals surface area contributed by atoms with Gasteiger partial charge in [0.1, 0.15) is 52.6 Å². The van der Waals surface area contributed by atoms with Gasteiger partial charge in [0.05, 0.1) is 85.9 Å². The molecule has 29 heteroatoms. The fourth-order valence-corrected chi connectivity index (χ4v) is 17.2. The summed E-state index contributed by atoms with van der Waals surface area (Å²) < 4.78 is 82.7. The monoisotopic (exact) mass is 1780 g/mol. The number of ketones is 4. The minimum absolute atomic E-state index is 0. The molecule has 640 valence electrons. The Balaban J connectivity index is 0.000000151. The Morgan fingerprint density at radius 2 is 0.888 bits per heavy atom. The molecule has 0 aliphatic carbocycles. The maximum absolute atomic E-state index is 14.1. The predicted octanol–water partition coefficient (Wildman–Crippen LogP) is 21.5. The first-order valence-electron chi connectivity index (χ1n) is 40.2. The molecule has 0 fully saturated rings. The topological polar surface area (TPSA) is 221 Å². The molecule has 0 spiro atoms. The van der Waals surface area contributed by atoms with Crippen LogP contribution in [0.5, 0.6) is 0 Å². The normalized spacial score (nSPS) is 14.0. The number of aryl methyl sites for hydroxylation is 3. The molecule has 0 saturated carbocycles. The minimum atomic E-state index is -1.21. The summed E-state index contributed by atoms with van der Waals surface area (Å²) in [5.41, 5.74) is 16.2. The van der Waals surface area contributed by atoms with Gasteiger partial charge in [-0.05, 0) is 166 Å². The van der Waals surface area contributed by atoms with E-state index in [0.29, 0.717) is 64.7 Å². The number of nitrogens with zero attached hydrogens (tertiary/aromatic N) is 14. The van der Waals surface area contributed by atoms with Gasteiger partial charge in [0.25, 0.3) is 0 Å². The van der Waals surface area contributed by atoms with E-state index in [0.717, 1.165) is 139 Å². The number of hydrogen-bond donors (Lipinski definition) is 0. The van der Waals surface area contributed by atoms with Crippen molar-refractivity contribution in [2.45, 2.75) is 106 Å². The van der Waals surface area contributed by atoms with Crippen LogP contribution in [0.15, 0.2) is 212 Å². The van der Waals surface area contributed by atoms with Crippen molar-refractivity contribution in [1.29, 1.82) is 5.26 Å². The van der Waals surface area contributed by atoms with E-state index in [9.17, 15) is 50.8 Å². The molecule has 0 saturated heterocycles. The van der Waals surface area contributed by atoms with Crippen molar-refractivity contribution in [3.63, 3.8) is 0 Å². The van der Waals surface area contributed by atoms with Crippen LogP contribution in [0.1, 0.15) is 168 Å². The van der Waals surface area contributed by atoms with E-state index in [-0.39, 0.29) is 65.3 Å². The van der Waals surface area contributed by atoms with Gasteiger partial charge in [-0.3, -0.25) is 44.1 Å². The number of halogens is 9. The fraction of sp³-hybridized carbons (Fsp3) is 0.250. The molecule has 4 aliphatic rings. The summed E-state index contributed by atoms with van der Waals surface area (Å²) in [4.78, 5) is 101. The zero-order chi connectivity index (χ0) is 87.8. The summed E-state index contributed by atoms with van der Waals surface area (Å²) in [7, 11) is 0. The van der Waals surface area contributed by atoms with Crippen LogP contribution in [0.3, 0.4) is 0 Å². The Morgan fingerprint density at radius 1 is 0.432 bits per heavy atom. The van der Waals surface area contributed by atoms with E-state index in [1.807, 2.05) is 61.1 Å². The van der Waals surface area contributed by atoms with Gasteiger partial charge >= 0.3 is 0 Å². The van der Waals surface area contributed by atoms with E-state index >= 15 is 0 Å². The van der Waals surface area contributed by atoms with E-state index in [1.165, 1.54) is 73.9 Å². The third-order valence-electron chi connectivity index (χ3n) is 21.9. The number of Topliss-reactive ketones (excluding diaryl/α,β-unsaturated/α-hetero) is 4. The summed E-state index contributed by atoms with van der Waals surface area (Å²) in [5, 5.41) is 12.0. The lowest BCUT2D eigenvalue weighted by molar-refractivity contribution is 0.0975. The fourth-order valence-electron chi connectivity index (χ4n) is 14.9. The zero-order valence-corrected chi connectivity index (χ0v) is 73.5. The number of benzene rings is 5. The van der Waals surface area contributed by atoms with Crippen molar-refractivity contribution in [3.05, 3.63) is 345 Å². The molecule has 0 bridgehead atoms.